The number of hydrogen-bond donors (Lipinski definition) is 3. The summed E-state index contributed by atoms with van der Waals surface area (Å²) in [5, 5.41) is 2.09. The molecule has 44 heavy (non-hydrogen) atoms. The Kier molecular flexibility index (Phi) is 14.0. The molecule has 0 bridgehead atoms. The Morgan fingerprint density at radius 2 is 1.55 bits per heavy atom. The van der Waals surface area contributed by atoms with E-state index in [1.807, 2.05) is 31.2 Å². The molecule has 0 radical (unpaired) electrons. The van der Waals surface area contributed by atoms with Gasteiger partial charge in [-0.1, -0.05) is 18.2 Å². The normalized spacial score (nSPS) is 10.7. The number of fused-ring (bicyclic) bond motifs is 2. The second-order valence-electron chi connectivity index (χ2n) is 9.16. The molecule has 4 rings (SSSR count). The van der Waals surface area contributed by atoms with Crippen LogP contribution in [-0.2, 0) is 32.7 Å². The summed E-state index contributed by atoms with van der Waals surface area (Å²) in [6.45, 7) is 14.5. The quantitative estimate of drug-likeness (QED) is 0.106. The molecule has 238 valence electrons. The van der Waals surface area contributed by atoms with Crippen LogP contribution in [0.15, 0.2) is 65.1 Å². The van der Waals surface area contributed by atoms with Crippen LogP contribution >= 0.6 is 0 Å². The topological polar surface area (TPSA) is 181 Å². The number of esters is 1. The van der Waals surface area contributed by atoms with Crippen molar-refractivity contribution < 1.29 is 59.1 Å². The number of carbonyl (C=O) groups is 1. The number of hydrogen-bond acceptors (Lipinski definition) is 8. The second kappa shape index (κ2) is 16.9. The van der Waals surface area contributed by atoms with Crippen molar-refractivity contribution in [1.29, 1.82) is 0 Å². The molecule has 0 amide bonds. The van der Waals surface area contributed by atoms with Gasteiger partial charge >= 0.3 is 46.2 Å². The predicted molar refractivity (Wildman–Crippen MR) is 159 cm³/mol. The van der Waals surface area contributed by atoms with Gasteiger partial charge in [0.25, 0.3) is 0 Å². The van der Waals surface area contributed by atoms with Gasteiger partial charge in [-0.3, -0.25) is 4.46 Å². The van der Waals surface area contributed by atoms with E-state index in [1.165, 1.54) is 0 Å². The van der Waals surface area contributed by atoms with Crippen LogP contribution in [0.25, 0.3) is 33.4 Å². The van der Waals surface area contributed by atoms with Crippen LogP contribution in [-0.4, -0.2) is 61.3 Å². The first-order valence-corrected chi connectivity index (χ1v) is 18.6. The summed E-state index contributed by atoms with van der Waals surface area (Å²) in [6, 6.07) is 20.4. The molecular formula is C30H38MoN2O10Si. The van der Waals surface area contributed by atoms with Crippen molar-refractivity contribution >= 4 is 31.8 Å². The van der Waals surface area contributed by atoms with E-state index in [2.05, 4.69) is 73.6 Å². The number of carbonyl (C=O) groups excluding carboxylic acids is 1. The van der Waals surface area contributed by atoms with Crippen LogP contribution in [0.4, 0.5) is 5.69 Å². The molecule has 0 atom stereocenters. The van der Waals surface area contributed by atoms with Gasteiger partial charge in [0.05, 0.1) is 18.2 Å². The fraction of sp³-hybridized carbons (Fsp3) is 0.333. The molecule has 0 saturated heterocycles. The van der Waals surface area contributed by atoms with Gasteiger partial charge < -0.3 is 23.6 Å². The maximum absolute atomic E-state index is 12.9. The van der Waals surface area contributed by atoms with Crippen LogP contribution in [0.2, 0.25) is 0 Å². The third-order valence-corrected chi connectivity index (χ3v) is 6.64. The number of anilines is 1. The molecule has 14 heteroatoms. The van der Waals surface area contributed by atoms with Crippen LogP contribution in [0.1, 0.15) is 45.0 Å². The number of nitrogens with zero attached hydrogens (tertiary/aromatic N) is 2. The first kappa shape index (κ1) is 36.4. The van der Waals surface area contributed by atoms with Crippen LogP contribution in [0, 0.1) is 0 Å². The SMILES string of the molecule is CCOC(=O)c1ccccc1-c1c2ccc(=[N+](CC)CC)cc-2oc2cc(N(CC)CC)ccc12.O=[Si](O)O.[O]=[Mo](=[O])([O-])[OH]. The first-order chi connectivity index (χ1) is 20.8. The Morgan fingerprint density at radius 3 is 2.09 bits per heavy atom. The van der Waals surface area contributed by atoms with Crippen molar-refractivity contribution in [2.75, 3.05) is 37.7 Å². The standard InChI is InChI=1S/C30H35N2O3.Mo.H2O3Si.H2O.3O/c1-6-31(7-2)21-15-17-25-27(19-21)35-28-20-22(32(8-3)9-4)16-18-26(28)29(25)23-13-11-12-14-24(23)30(33)34-10-5;;1-4(2)3;;;;/h11-20H,6-10H2,1-5H3;;1-2H;1H2;;;/q2*+1;;;;;-1/p-1. The van der Waals surface area contributed by atoms with Crippen LogP contribution in [0.3, 0.4) is 0 Å². The molecule has 1 heterocycles. The Labute approximate surface area is 261 Å². The Bertz CT molecular complexity index is 1720. The molecule has 0 spiro atoms. The molecule has 3 N–H and O–H groups in total. The van der Waals surface area contributed by atoms with E-state index >= 15 is 0 Å². The third kappa shape index (κ3) is 10.2. The summed E-state index contributed by atoms with van der Waals surface area (Å²) in [7, 11) is -3.13. The summed E-state index contributed by atoms with van der Waals surface area (Å²) in [6.07, 6.45) is 0. The summed E-state index contributed by atoms with van der Waals surface area (Å²) < 4.78 is 56.2. The van der Waals surface area contributed by atoms with Gasteiger partial charge in [0, 0.05) is 47.4 Å². The van der Waals surface area contributed by atoms with Gasteiger partial charge in [0.2, 0.25) is 5.36 Å². The van der Waals surface area contributed by atoms with Crippen molar-refractivity contribution in [2.45, 2.75) is 34.6 Å². The molecular weight excluding hydrogens is 672 g/mol. The van der Waals surface area contributed by atoms with E-state index < -0.39 is 25.9 Å². The minimum absolute atomic E-state index is 0.315. The van der Waals surface area contributed by atoms with Crippen LogP contribution < -0.4 is 18.6 Å². The maximum atomic E-state index is 12.9. The van der Waals surface area contributed by atoms with E-state index in [0.29, 0.717) is 12.2 Å². The molecule has 1 aliphatic carbocycles. The monoisotopic (exact) mass is 712 g/mol. The fourth-order valence-electron chi connectivity index (χ4n) is 4.82. The molecule has 12 nitrogen and oxygen atoms in total. The van der Waals surface area contributed by atoms with Crippen molar-refractivity contribution in [3.63, 3.8) is 0 Å². The molecule has 0 fully saturated rings. The zero-order valence-electron chi connectivity index (χ0n) is 25.3. The van der Waals surface area contributed by atoms with E-state index in [-0.39, 0.29) is 5.97 Å². The Balaban J connectivity index is 0.000000660. The number of benzene rings is 3. The summed E-state index contributed by atoms with van der Waals surface area (Å²) >= 11 is -5.77. The van der Waals surface area contributed by atoms with Gasteiger partial charge in [-0.05, 0) is 64.4 Å². The van der Waals surface area contributed by atoms with Crippen molar-refractivity contribution in [1.82, 2.24) is 4.58 Å². The summed E-state index contributed by atoms with van der Waals surface area (Å²) in [5.41, 5.74) is 5.29. The van der Waals surface area contributed by atoms with Gasteiger partial charge in [-0.2, -0.15) is 0 Å². The molecule has 1 aliphatic heterocycles. The Hall–Kier alpha value is -3.77. The summed E-state index contributed by atoms with van der Waals surface area (Å²) in [4.78, 5) is 29.5. The third-order valence-electron chi connectivity index (χ3n) is 6.64. The predicted octanol–water partition coefficient (Wildman–Crippen LogP) is 2.44. The average Bonchev–Trinajstić information content (AvgIpc) is 2.96. The fourth-order valence-corrected chi connectivity index (χ4v) is 4.82. The molecule has 0 aromatic heterocycles. The molecule has 2 aromatic carbocycles. The number of rotatable bonds is 8. The van der Waals surface area contributed by atoms with Crippen LogP contribution in [0.5, 0.6) is 0 Å². The zero-order valence-corrected chi connectivity index (χ0v) is 28.3. The second-order valence-corrected chi connectivity index (χ2v) is 11.8. The van der Waals surface area contributed by atoms with E-state index in [1.54, 1.807) is 0 Å². The minimum atomic E-state index is -5.77. The van der Waals surface area contributed by atoms with Gasteiger partial charge in [-0.25, -0.2) is 9.37 Å². The summed E-state index contributed by atoms with van der Waals surface area (Å²) in [5.74, 6) is 0.483. The van der Waals surface area contributed by atoms with Crippen molar-refractivity contribution in [3.8, 4) is 22.5 Å². The first-order valence-electron chi connectivity index (χ1n) is 14.0. The Morgan fingerprint density at radius 1 is 0.955 bits per heavy atom. The average molecular weight is 711 g/mol. The van der Waals surface area contributed by atoms with Gasteiger partial charge in [0.15, 0.2) is 0 Å². The van der Waals surface area contributed by atoms with E-state index in [9.17, 15) is 4.79 Å². The van der Waals surface area contributed by atoms with E-state index in [0.717, 1.165) is 70.6 Å². The molecule has 2 aromatic rings. The van der Waals surface area contributed by atoms with Crippen molar-refractivity contribution in [3.05, 3.63) is 71.6 Å². The van der Waals surface area contributed by atoms with E-state index in [4.69, 9.17) is 37.5 Å². The molecule has 0 saturated carbocycles. The molecule has 2 aliphatic rings. The molecule has 0 unspecified atom stereocenters. The van der Waals surface area contributed by atoms with Gasteiger partial charge in [0.1, 0.15) is 24.4 Å². The van der Waals surface area contributed by atoms with Gasteiger partial charge in [-0.15, -0.1) is 0 Å². The zero-order chi connectivity index (χ0) is 33.0. The van der Waals surface area contributed by atoms with Crippen molar-refractivity contribution in [2.24, 2.45) is 0 Å². The number of ether oxygens (including phenoxy) is 1.